The molecule has 1 aliphatic heterocycles. The van der Waals surface area contributed by atoms with Gasteiger partial charge in [-0.3, -0.25) is 4.79 Å². The first-order valence-electron chi connectivity index (χ1n) is 10.6. The van der Waals surface area contributed by atoms with E-state index in [1.165, 1.54) is 15.3 Å². The SMILES string of the molecule is CCOc1ccc(Cl)cc1S(=O)(=O)N1CCC(C(=O)N[C@@H](C)c2ccc(SC)cc2)CC1. The van der Waals surface area contributed by atoms with Crippen LogP contribution >= 0.6 is 23.4 Å². The second-order valence-corrected chi connectivity index (χ2v) is 10.9. The fourth-order valence-corrected chi connectivity index (χ4v) is 6.03. The number of carbonyl (C=O) groups is 1. The molecule has 0 unspecified atom stereocenters. The molecule has 0 aliphatic carbocycles. The summed E-state index contributed by atoms with van der Waals surface area (Å²) in [6, 6.07) is 12.6. The van der Waals surface area contributed by atoms with Crippen molar-refractivity contribution in [1.29, 1.82) is 0 Å². The van der Waals surface area contributed by atoms with Crippen molar-refractivity contribution in [3.8, 4) is 5.75 Å². The molecule has 6 nitrogen and oxygen atoms in total. The zero-order valence-electron chi connectivity index (χ0n) is 18.5. The maximum atomic E-state index is 13.2. The summed E-state index contributed by atoms with van der Waals surface area (Å²) in [5, 5.41) is 3.40. The van der Waals surface area contributed by atoms with Gasteiger partial charge in [0.25, 0.3) is 0 Å². The molecule has 1 atom stereocenters. The van der Waals surface area contributed by atoms with Gasteiger partial charge in [-0.25, -0.2) is 8.42 Å². The van der Waals surface area contributed by atoms with Gasteiger partial charge in [0.05, 0.1) is 12.6 Å². The predicted molar refractivity (Wildman–Crippen MR) is 129 cm³/mol. The number of sulfonamides is 1. The standard InChI is InChI=1S/C23H29ClN2O4S2/c1-4-30-21-10-7-19(24)15-22(21)32(28,29)26-13-11-18(12-14-26)23(27)25-16(2)17-5-8-20(31-3)9-6-17/h5-10,15-16,18H,4,11-14H2,1-3H3,(H,25,27)/t16-/m0/s1. The van der Waals surface area contributed by atoms with Crippen molar-refractivity contribution in [2.45, 2.75) is 42.5 Å². The number of amides is 1. The van der Waals surface area contributed by atoms with Crippen LogP contribution in [0.2, 0.25) is 5.02 Å². The summed E-state index contributed by atoms with van der Waals surface area (Å²) in [6.07, 6.45) is 2.96. The second-order valence-electron chi connectivity index (χ2n) is 7.71. The number of carbonyl (C=O) groups excluding carboxylic acids is 1. The first-order valence-corrected chi connectivity index (χ1v) is 13.7. The Balaban J connectivity index is 1.63. The lowest BCUT2D eigenvalue weighted by Crippen LogP contribution is -2.43. The molecule has 1 N–H and O–H groups in total. The molecule has 1 saturated heterocycles. The zero-order chi connectivity index (χ0) is 23.3. The van der Waals surface area contributed by atoms with Gasteiger partial charge >= 0.3 is 0 Å². The molecule has 2 aromatic carbocycles. The third kappa shape index (κ3) is 5.78. The lowest BCUT2D eigenvalue weighted by molar-refractivity contribution is -0.126. The van der Waals surface area contributed by atoms with Crippen molar-refractivity contribution in [3.05, 3.63) is 53.1 Å². The third-order valence-electron chi connectivity index (χ3n) is 5.62. The lowest BCUT2D eigenvalue weighted by Gasteiger charge is -2.31. The van der Waals surface area contributed by atoms with Crippen molar-refractivity contribution in [3.63, 3.8) is 0 Å². The van der Waals surface area contributed by atoms with Crippen molar-refractivity contribution < 1.29 is 17.9 Å². The van der Waals surface area contributed by atoms with E-state index in [2.05, 4.69) is 5.32 Å². The van der Waals surface area contributed by atoms with Gasteiger partial charge in [0.2, 0.25) is 15.9 Å². The average Bonchev–Trinajstić information content (AvgIpc) is 2.80. The molecule has 174 valence electrons. The number of rotatable bonds is 8. The highest BCUT2D eigenvalue weighted by atomic mass is 35.5. The zero-order valence-corrected chi connectivity index (χ0v) is 20.9. The Labute approximate surface area is 199 Å². The summed E-state index contributed by atoms with van der Waals surface area (Å²) in [7, 11) is -3.77. The fraction of sp³-hybridized carbons (Fsp3) is 0.435. The third-order valence-corrected chi connectivity index (χ3v) is 8.52. The number of ether oxygens (including phenoxy) is 1. The molecule has 0 spiro atoms. The van der Waals surface area contributed by atoms with Gasteiger partial charge in [-0.15, -0.1) is 11.8 Å². The van der Waals surface area contributed by atoms with E-state index in [1.807, 2.05) is 37.4 Å². The fourth-order valence-electron chi connectivity index (χ4n) is 3.76. The number of nitrogens with one attached hydrogen (secondary N) is 1. The van der Waals surface area contributed by atoms with Crippen LogP contribution in [0.15, 0.2) is 52.3 Å². The Hall–Kier alpha value is -1.74. The van der Waals surface area contributed by atoms with Gasteiger partial charge < -0.3 is 10.1 Å². The molecule has 0 radical (unpaired) electrons. The minimum absolute atomic E-state index is 0.0405. The Morgan fingerprint density at radius 3 is 2.47 bits per heavy atom. The molecular weight excluding hydrogens is 468 g/mol. The van der Waals surface area contributed by atoms with Crippen molar-refractivity contribution in [1.82, 2.24) is 9.62 Å². The van der Waals surface area contributed by atoms with Crippen molar-refractivity contribution >= 4 is 39.3 Å². The highest BCUT2D eigenvalue weighted by Crippen LogP contribution is 2.32. The Morgan fingerprint density at radius 2 is 1.88 bits per heavy atom. The van der Waals surface area contributed by atoms with Gasteiger partial charge in [0, 0.05) is 28.9 Å². The number of hydrogen-bond acceptors (Lipinski definition) is 5. The highest BCUT2D eigenvalue weighted by Gasteiger charge is 2.34. The van der Waals surface area contributed by atoms with E-state index in [1.54, 1.807) is 30.8 Å². The van der Waals surface area contributed by atoms with Gasteiger partial charge in [-0.2, -0.15) is 4.31 Å². The Bertz CT molecular complexity index is 1040. The second kappa shape index (κ2) is 10.9. The van der Waals surface area contributed by atoms with Crippen molar-refractivity contribution in [2.75, 3.05) is 26.0 Å². The topological polar surface area (TPSA) is 75.7 Å². The van der Waals surface area contributed by atoms with Crippen LogP contribution in [0.4, 0.5) is 0 Å². The summed E-state index contributed by atoms with van der Waals surface area (Å²) in [6.45, 7) is 4.66. The number of piperidine rings is 1. The quantitative estimate of drug-likeness (QED) is 0.534. The highest BCUT2D eigenvalue weighted by molar-refractivity contribution is 7.98. The molecule has 1 fully saturated rings. The minimum Gasteiger partial charge on any atom is -0.492 e. The van der Waals surface area contributed by atoms with E-state index in [9.17, 15) is 13.2 Å². The predicted octanol–water partition coefficient (Wildman–Crippen LogP) is 4.74. The molecule has 1 amide bonds. The minimum atomic E-state index is -3.77. The van der Waals surface area contributed by atoms with E-state index in [0.29, 0.717) is 24.5 Å². The van der Waals surface area contributed by atoms with E-state index in [4.69, 9.17) is 16.3 Å². The Morgan fingerprint density at radius 1 is 1.22 bits per heavy atom. The normalized spacial score (nSPS) is 16.5. The van der Waals surface area contributed by atoms with Crippen LogP contribution < -0.4 is 10.1 Å². The van der Waals surface area contributed by atoms with Crippen LogP contribution in [0, 0.1) is 5.92 Å². The van der Waals surface area contributed by atoms with Crippen LogP contribution in [-0.4, -0.2) is 44.6 Å². The van der Waals surface area contributed by atoms with E-state index in [-0.39, 0.29) is 41.6 Å². The molecule has 32 heavy (non-hydrogen) atoms. The Kier molecular flexibility index (Phi) is 8.49. The largest absolute Gasteiger partial charge is 0.492 e. The lowest BCUT2D eigenvalue weighted by atomic mass is 9.96. The van der Waals surface area contributed by atoms with Crippen molar-refractivity contribution in [2.24, 2.45) is 5.92 Å². The van der Waals surface area contributed by atoms with Crippen LogP contribution in [0.25, 0.3) is 0 Å². The number of halogens is 1. The molecule has 0 aromatic heterocycles. The number of benzene rings is 2. The van der Waals surface area contributed by atoms with Gasteiger partial charge in [-0.1, -0.05) is 23.7 Å². The van der Waals surface area contributed by atoms with E-state index in [0.717, 1.165) is 5.56 Å². The molecule has 0 saturated carbocycles. The summed E-state index contributed by atoms with van der Waals surface area (Å²) in [5.41, 5.74) is 1.04. The molecule has 1 heterocycles. The summed E-state index contributed by atoms with van der Waals surface area (Å²) in [5.74, 6) is 0.0272. The van der Waals surface area contributed by atoms with E-state index >= 15 is 0 Å². The molecule has 3 rings (SSSR count). The van der Waals surface area contributed by atoms with Crippen LogP contribution in [0.5, 0.6) is 5.75 Å². The number of hydrogen-bond donors (Lipinski definition) is 1. The maximum Gasteiger partial charge on any atom is 0.246 e. The monoisotopic (exact) mass is 496 g/mol. The molecule has 0 bridgehead atoms. The maximum absolute atomic E-state index is 13.2. The first-order chi connectivity index (χ1) is 15.3. The van der Waals surface area contributed by atoms with Crippen LogP contribution in [-0.2, 0) is 14.8 Å². The van der Waals surface area contributed by atoms with Crippen LogP contribution in [0.3, 0.4) is 0 Å². The molecule has 9 heteroatoms. The van der Waals surface area contributed by atoms with Gasteiger partial charge in [-0.05, 0) is 68.8 Å². The average molecular weight is 497 g/mol. The summed E-state index contributed by atoms with van der Waals surface area (Å²) < 4.78 is 33.3. The number of nitrogens with zero attached hydrogens (tertiary/aromatic N) is 1. The molecule has 2 aromatic rings. The smallest absolute Gasteiger partial charge is 0.246 e. The van der Waals surface area contributed by atoms with Gasteiger partial charge in [0.15, 0.2) is 0 Å². The molecule has 1 aliphatic rings. The first kappa shape index (κ1) is 24.9. The van der Waals surface area contributed by atoms with Crippen LogP contribution in [0.1, 0.15) is 38.3 Å². The number of thioether (sulfide) groups is 1. The summed E-state index contributed by atoms with van der Waals surface area (Å²) in [4.78, 5) is 14.0. The molecular formula is C23H29ClN2O4S2. The van der Waals surface area contributed by atoms with E-state index < -0.39 is 10.0 Å². The van der Waals surface area contributed by atoms with Gasteiger partial charge in [0.1, 0.15) is 10.6 Å². The summed E-state index contributed by atoms with van der Waals surface area (Å²) >= 11 is 7.72.